The number of rotatable bonds is 6. The SMILES string of the molecule is CCN(CC)C(=O)Cn1cc(C(=O)N2CCC[C@H](c3ccccc3)CC2)nn1. The van der Waals surface area contributed by atoms with E-state index in [4.69, 9.17) is 0 Å². The lowest BCUT2D eigenvalue weighted by molar-refractivity contribution is -0.131. The Kier molecular flexibility index (Phi) is 6.79. The summed E-state index contributed by atoms with van der Waals surface area (Å²) >= 11 is 0. The molecule has 2 amide bonds. The molecule has 0 saturated carbocycles. The predicted molar refractivity (Wildman–Crippen MR) is 107 cm³/mol. The zero-order chi connectivity index (χ0) is 19.9. The van der Waals surface area contributed by atoms with Gasteiger partial charge in [0.15, 0.2) is 5.69 Å². The van der Waals surface area contributed by atoms with Gasteiger partial charge in [0.05, 0.1) is 6.20 Å². The number of aromatic nitrogens is 3. The molecule has 0 radical (unpaired) electrons. The number of carbonyl (C=O) groups is 2. The van der Waals surface area contributed by atoms with Crippen LogP contribution < -0.4 is 0 Å². The number of nitrogens with zero attached hydrogens (tertiary/aromatic N) is 5. The highest BCUT2D eigenvalue weighted by Gasteiger charge is 2.24. The maximum atomic E-state index is 12.9. The molecule has 1 saturated heterocycles. The molecule has 1 aliphatic rings. The van der Waals surface area contributed by atoms with Crippen molar-refractivity contribution >= 4 is 11.8 Å². The number of hydrogen-bond acceptors (Lipinski definition) is 4. The highest BCUT2D eigenvalue weighted by atomic mass is 16.2. The van der Waals surface area contributed by atoms with Crippen molar-refractivity contribution in [2.24, 2.45) is 0 Å². The van der Waals surface area contributed by atoms with E-state index < -0.39 is 0 Å². The number of benzene rings is 1. The van der Waals surface area contributed by atoms with Gasteiger partial charge in [-0.15, -0.1) is 5.10 Å². The van der Waals surface area contributed by atoms with Crippen LogP contribution in [0.5, 0.6) is 0 Å². The summed E-state index contributed by atoms with van der Waals surface area (Å²) in [6, 6.07) is 10.5. The van der Waals surface area contributed by atoms with Crippen LogP contribution in [0.15, 0.2) is 36.5 Å². The fraction of sp³-hybridized carbons (Fsp3) is 0.524. The molecule has 0 aliphatic carbocycles. The molecule has 0 spiro atoms. The maximum absolute atomic E-state index is 12.9. The van der Waals surface area contributed by atoms with E-state index in [0.717, 1.165) is 25.8 Å². The highest BCUT2D eigenvalue weighted by Crippen LogP contribution is 2.28. The quantitative estimate of drug-likeness (QED) is 0.769. The molecule has 0 N–H and O–H groups in total. The Bertz CT molecular complexity index is 785. The molecule has 7 nitrogen and oxygen atoms in total. The smallest absolute Gasteiger partial charge is 0.276 e. The average molecular weight is 383 g/mol. The fourth-order valence-electron chi connectivity index (χ4n) is 3.81. The lowest BCUT2D eigenvalue weighted by atomic mass is 9.92. The molecule has 1 aromatic heterocycles. The molecule has 150 valence electrons. The molecule has 0 bridgehead atoms. The Hall–Kier alpha value is -2.70. The topological polar surface area (TPSA) is 71.3 Å². The summed E-state index contributed by atoms with van der Waals surface area (Å²) in [6.45, 7) is 6.76. The van der Waals surface area contributed by atoms with E-state index in [1.165, 1.54) is 10.2 Å². The Balaban J connectivity index is 1.60. The van der Waals surface area contributed by atoms with Gasteiger partial charge >= 0.3 is 0 Å². The van der Waals surface area contributed by atoms with E-state index in [2.05, 4.69) is 34.6 Å². The van der Waals surface area contributed by atoms with E-state index in [1.54, 1.807) is 11.1 Å². The Labute approximate surface area is 166 Å². The summed E-state index contributed by atoms with van der Waals surface area (Å²) in [5.41, 5.74) is 1.66. The predicted octanol–water partition coefficient (Wildman–Crippen LogP) is 2.56. The summed E-state index contributed by atoms with van der Waals surface area (Å²) in [6.07, 6.45) is 4.59. The van der Waals surface area contributed by atoms with Crippen molar-refractivity contribution in [3.63, 3.8) is 0 Å². The van der Waals surface area contributed by atoms with Crippen LogP contribution in [0.4, 0.5) is 0 Å². The van der Waals surface area contributed by atoms with Crippen LogP contribution in [-0.4, -0.2) is 62.8 Å². The summed E-state index contributed by atoms with van der Waals surface area (Å²) in [7, 11) is 0. The second-order valence-corrected chi connectivity index (χ2v) is 7.20. The molecule has 1 aliphatic heterocycles. The van der Waals surface area contributed by atoms with Crippen LogP contribution >= 0.6 is 0 Å². The monoisotopic (exact) mass is 383 g/mol. The van der Waals surface area contributed by atoms with Gasteiger partial charge in [0.1, 0.15) is 6.54 Å². The molecule has 28 heavy (non-hydrogen) atoms. The van der Waals surface area contributed by atoms with Gasteiger partial charge in [0.25, 0.3) is 5.91 Å². The normalized spacial score (nSPS) is 17.2. The van der Waals surface area contributed by atoms with E-state index in [1.807, 2.05) is 24.8 Å². The second kappa shape index (κ2) is 9.48. The number of likely N-dealkylation sites (tertiary alicyclic amines) is 1. The molecular formula is C21H29N5O2. The minimum Gasteiger partial charge on any atom is -0.342 e. The first-order valence-electron chi connectivity index (χ1n) is 10.1. The van der Waals surface area contributed by atoms with E-state index >= 15 is 0 Å². The molecule has 1 aromatic carbocycles. The van der Waals surface area contributed by atoms with Crippen LogP contribution in [0.25, 0.3) is 0 Å². The third-order valence-corrected chi connectivity index (χ3v) is 5.46. The van der Waals surface area contributed by atoms with Crippen molar-refractivity contribution in [3.8, 4) is 0 Å². The standard InChI is InChI=1S/C21H29N5O2/c1-3-24(4-2)20(27)16-26-15-19(22-23-26)21(28)25-13-8-11-18(12-14-25)17-9-6-5-7-10-17/h5-7,9-10,15,18H,3-4,8,11-14,16H2,1-2H3/t18-/m0/s1. The molecule has 2 aromatic rings. The summed E-state index contributed by atoms with van der Waals surface area (Å²) in [5, 5.41) is 7.99. The molecule has 2 heterocycles. The van der Waals surface area contributed by atoms with Gasteiger partial charge in [-0.1, -0.05) is 35.5 Å². The third-order valence-electron chi connectivity index (χ3n) is 5.46. The van der Waals surface area contributed by atoms with E-state index in [-0.39, 0.29) is 18.4 Å². The molecular weight excluding hydrogens is 354 g/mol. The van der Waals surface area contributed by atoms with Crippen molar-refractivity contribution in [1.29, 1.82) is 0 Å². The van der Waals surface area contributed by atoms with Gasteiger partial charge in [-0.3, -0.25) is 9.59 Å². The van der Waals surface area contributed by atoms with Gasteiger partial charge in [0.2, 0.25) is 5.91 Å². The number of carbonyl (C=O) groups excluding carboxylic acids is 2. The lowest BCUT2D eigenvalue weighted by Gasteiger charge is -2.19. The fourth-order valence-corrected chi connectivity index (χ4v) is 3.81. The number of likely N-dealkylation sites (N-methyl/N-ethyl adjacent to an activating group) is 1. The van der Waals surface area contributed by atoms with Crippen molar-refractivity contribution in [2.45, 2.75) is 45.6 Å². The van der Waals surface area contributed by atoms with Crippen LogP contribution in [-0.2, 0) is 11.3 Å². The summed E-state index contributed by atoms with van der Waals surface area (Å²) < 4.78 is 1.46. The van der Waals surface area contributed by atoms with Gasteiger partial charge < -0.3 is 9.80 Å². The first-order chi connectivity index (χ1) is 13.6. The number of amides is 2. The number of hydrogen-bond donors (Lipinski definition) is 0. The molecule has 3 rings (SSSR count). The maximum Gasteiger partial charge on any atom is 0.276 e. The summed E-state index contributed by atoms with van der Waals surface area (Å²) in [5.74, 6) is 0.367. The van der Waals surface area contributed by atoms with Gasteiger partial charge in [-0.25, -0.2) is 4.68 Å². The average Bonchev–Trinajstić information content (AvgIpc) is 3.04. The zero-order valence-corrected chi connectivity index (χ0v) is 16.8. The lowest BCUT2D eigenvalue weighted by Crippen LogP contribution is -2.33. The minimum absolute atomic E-state index is 0.0191. The first-order valence-corrected chi connectivity index (χ1v) is 10.1. The highest BCUT2D eigenvalue weighted by molar-refractivity contribution is 5.92. The van der Waals surface area contributed by atoms with Gasteiger partial charge in [-0.05, 0) is 44.6 Å². The zero-order valence-electron chi connectivity index (χ0n) is 16.8. The molecule has 7 heteroatoms. The van der Waals surface area contributed by atoms with E-state index in [0.29, 0.717) is 31.2 Å². The van der Waals surface area contributed by atoms with Crippen LogP contribution in [0.2, 0.25) is 0 Å². The van der Waals surface area contributed by atoms with Gasteiger partial charge in [0, 0.05) is 26.2 Å². The minimum atomic E-state index is -0.102. The molecule has 0 unspecified atom stereocenters. The second-order valence-electron chi connectivity index (χ2n) is 7.20. The van der Waals surface area contributed by atoms with E-state index in [9.17, 15) is 9.59 Å². The third kappa shape index (κ3) is 4.77. The summed E-state index contributed by atoms with van der Waals surface area (Å²) in [4.78, 5) is 28.7. The van der Waals surface area contributed by atoms with Crippen LogP contribution in [0.1, 0.15) is 55.1 Å². The molecule has 1 fully saturated rings. The first kappa shape index (κ1) is 20.0. The van der Waals surface area contributed by atoms with Crippen LogP contribution in [0.3, 0.4) is 0 Å². The van der Waals surface area contributed by atoms with Crippen molar-refractivity contribution in [1.82, 2.24) is 24.8 Å². The largest absolute Gasteiger partial charge is 0.342 e. The van der Waals surface area contributed by atoms with Crippen molar-refractivity contribution < 1.29 is 9.59 Å². The van der Waals surface area contributed by atoms with Crippen molar-refractivity contribution in [2.75, 3.05) is 26.2 Å². The Morgan fingerprint density at radius 3 is 2.57 bits per heavy atom. The van der Waals surface area contributed by atoms with Crippen molar-refractivity contribution in [3.05, 3.63) is 47.8 Å². The Morgan fingerprint density at radius 2 is 1.86 bits per heavy atom. The molecule has 1 atom stereocenters. The van der Waals surface area contributed by atoms with Gasteiger partial charge in [-0.2, -0.15) is 0 Å². The Morgan fingerprint density at radius 1 is 1.11 bits per heavy atom. The van der Waals surface area contributed by atoms with Crippen LogP contribution in [0, 0.1) is 0 Å².